The molecule has 17 heavy (non-hydrogen) atoms. The predicted octanol–water partition coefficient (Wildman–Crippen LogP) is 2.96. The topological polar surface area (TPSA) is 44.2 Å². The number of hydrogen-bond donors (Lipinski definition) is 0. The van der Waals surface area contributed by atoms with Crippen LogP contribution < -0.4 is 9.47 Å². The van der Waals surface area contributed by atoms with Crippen molar-refractivity contribution in [1.29, 1.82) is 0 Å². The fourth-order valence-electron chi connectivity index (χ4n) is 1.85. The van der Waals surface area contributed by atoms with Crippen LogP contribution in [0.25, 0.3) is 0 Å². The van der Waals surface area contributed by atoms with Crippen molar-refractivity contribution in [2.75, 3.05) is 6.61 Å². The van der Waals surface area contributed by atoms with Gasteiger partial charge in [0.2, 0.25) is 0 Å². The fraction of sp³-hybridized carbons (Fsp3) is 0.333. The van der Waals surface area contributed by atoms with Crippen molar-refractivity contribution in [3.8, 4) is 16.7 Å². The molecular formula is C12H12N2O2S. The van der Waals surface area contributed by atoms with Gasteiger partial charge < -0.3 is 9.47 Å². The first kappa shape index (κ1) is 10.5. The molecule has 1 aromatic heterocycles. The minimum Gasteiger partial charge on any atom is -0.489 e. The molecule has 0 atom stereocenters. The van der Waals surface area contributed by atoms with E-state index in [0.29, 0.717) is 5.19 Å². The van der Waals surface area contributed by atoms with E-state index in [1.165, 1.54) is 17.1 Å². The second-order valence-corrected chi connectivity index (χ2v) is 4.62. The van der Waals surface area contributed by atoms with Crippen LogP contribution in [0.5, 0.6) is 16.7 Å². The summed E-state index contributed by atoms with van der Waals surface area (Å²) in [7, 11) is 0. The SMILES string of the molecule is Cc1nsc(Oc2cccc3c2OCCC3)n1. The van der Waals surface area contributed by atoms with Gasteiger partial charge in [-0.25, -0.2) is 0 Å². The van der Waals surface area contributed by atoms with Crippen molar-refractivity contribution in [3.05, 3.63) is 29.6 Å². The summed E-state index contributed by atoms with van der Waals surface area (Å²) in [5.74, 6) is 2.32. The Morgan fingerprint density at radius 1 is 1.41 bits per heavy atom. The monoisotopic (exact) mass is 248 g/mol. The largest absolute Gasteiger partial charge is 0.489 e. The zero-order valence-corrected chi connectivity index (χ0v) is 10.3. The van der Waals surface area contributed by atoms with Crippen molar-refractivity contribution in [3.63, 3.8) is 0 Å². The molecule has 0 unspecified atom stereocenters. The van der Waals surface area contributed by atoms with Crippen LogP contribution in [-0.2, 0) is 6.42 Å². The van der Waals surface area contributed by atoms with E-state index in [-0.39, 0.29) is 0 Å². The van der Waals surface area contributed by atoms with Crippen molar-refractivity contribution in [2.24, 2.45) is 0 Å². The Morgan fingerprint density at radius 2 is 2.35 bits per heavy atom. The molecule has 0 fully saturated rings. The van der Waals surface area contributed by atoms with Crippen LogP contribution >= 0.6 is 11.5 Å². The van der Waals surface area contributed by atoms with Gasteiger partial charge in [0.15, 0.2) is 11.5 Å². The number of hydrogen-bond acceptors (Lipinski definition) is 5. The molecule has 0 spiro atoms. The summed E-state index contributed by atoms with van der Waals surface area (Å²) < 4.78 is 15.5. The highest BCUT2D eigenvalue weighted by Crippen LogP contribution is 2.37. The predicted molar refractivity (Wildman–Crippen MR) is 65.0 cm³/mol. The smallest absolute Gasteiger partial charge is 0.298 e. The van der Waals surface area contributed by atoms with Crippen LogP contribution in [0.15, 0.2) is 18.2 Å². The average molecular weight is 248 g/mol. The maximum absolute atomic E-state index is 5.72. The standard InChI is InChI=1S/C12H12N2O2S/c1-8-13-12(17-14-8)16-10-6-2-4-9-5-3-7-15-11(9)10/h2,4,6H,3,5,7H2,1H3. The highest BCUT2D eigenvalue weighted by molar-refractivity contribution is 7.07. The minimum atomic E-state index is 0.560. The third-order valence-corrected chi connectivity index (χ3v) is 3.29. The van der Waals surface area contributed by atoms with E-state index in [1.54, 1.807) is 0 Å². The van der Waals surface area contributed by atoms with Crippen LogP contribution in [0.4, 0.5) is 0 Å². The summed E-state index contributed by atoms with van der Waals surface area (Å²) in [6.07, 6.45) is 2.11. The van der Waals surface area contributed by atoms with Crippen LogP contribution in [-0.4, -0.2) is 16.0 Å². The second-order valence-electron chi connectivity index (χ2n) is 3.91. The zero-order chi connectivity index (χ0) is 11.7. The van der Waals surface area contributed by atoms with Gasteiger partial charge in [0.25, 0.3) is 5.19 Å². The molecule has 88 valence electrons. The Morgan fingerprint density at radius 3 is 3.18 bits per heavy atom. The van der Waals surface area contributed by atoms with Crippen molar-refractivity contribution < 1.29 is 9.47 Å². The lowest BCUT2D eigenvalue weighted by Gasteiger charge is -2.19. The zero-order valence-electron chi connectivity index (χ0n) is 9.47. The molecule has 0 aliphatic carbocycles. The van der Waals surface area contributed by atoms with Gasteiger partial charge in [-0.1, -0.05) is 12.1 Å². The molecule has 0 N–H and O–H groups in total. The van der Waals surface area contributed by atoms with Crippen molar-refractivity contribution in [1.82, 2.24) is 9.36 Å². The number of fused-ring (bicyclic) bond motifs is 1. The molecule has 3 rings (SSSR count). The molecule has 0 amide bonds. The van der Waals surface area contributed by atoms with Gasteiger partial charge in [0.05, 0.1) is 6.61 Å². The third-order valence-electron chi connectivity index (χ3n) is 2.60. The van der Waals surface area contributed by atoms with Crippen LogP contribution in [0.2, 0.25) is 0 Å². The van der Waals surface area contributed by atoms with Crippen molar-refractivity contribution >= 4 is 11.5 Å². The van der Waals surface area contributed by atoms with Gasteiger partial charge >= 0.3 is 0 Å². The molecule has 2 heterocycles. The summed E-state index contributed by atoms with van der Waals surface area (Å²) in [5.41, 5.74) is 1.20. The maximum atomic E-state index is 5.72. The average Bonchev–Trinajstić information content (AvgIpc) is 2.75. The second kappa shape index (κ2) is 4.33. The van der Waals surface area contributed by atoms with Gasteiger partial charge in [-0.05, 0) is 31.4 Å². The van der Waals surface area contributed by atoms with E-state index in [0.717, 1.165) is 36.8 Å². The molecule has 0 saturated heterocycles. The third kappa shape index (κ3) is 2.10. The summed E-state index contributed by atoms with van der Waals surface area (Å²) >= 11 is 1.26. The van der Waals surface area contributed by atoms with E-state index in [2.05, 4.69) is 15.4 Å². The highest BCUT2D eigenvalue weighted by atomic mass is 32.1. The first-order valence-electron chi connectivity index (χ1n) is 5.56. The first-order valence-corrected chi connectivity index (χ1v) is 6.33. The van der Waals surface area contributed by atoms with Crippen LogP contribution in [0, 0.1) is 6.92 Å². The summed E-state index contributed by atoms with van der Waals surface area (Å²) in [5, 5.41) is 0.560. The Balaban J connectivity index is 1.92. The number of ether oxygens (including phenoxy) is 2. The Bertz CT molecular complexity index is 539. The molecule has 5 heteroatoms. The molecule has 4 nitrogen and oxygen atoms in total. The first-order chi connectivity index (χ1) is 8.33. The highest BCUT2D eigenvalue weighted by Gasteiger charge is 2.16. The lowest BCUT2D eigenvalue weighted by molar-refractivity contribution is 0.275. The van der Waals surface area contributed by atoms with Gasteiger partial charge in [0, 0.05) is 11.5 Å². The van der Waals surface area contributed by atoms with E-state index >= 15 is 0 Å². The molecular weight excluding hydrogens is 236 g/mol. The van der Waals surface area contributed by atoms with Gasteiger partial charge in [-0.2, -0.15) is 9.36 Å². The molecule has 2 aromatic rings. The molecule has 1 aliphatic rings. The fourth-order valence-corrected chi connectivity index (χ4v) is 2.40. The number of aryl methyl sites for hydroxylation is 2. The van der Waals surface area contributed by atoms with E-state index in [4.69, 9.17) is 9.47 Å². The summed E-state index contributed by atoms with van der Waals surface area (Å²) in [6.45, 7) is 2.60. The lowest BCUT2D eigenvalue weighted by atomic mass is 10.1. The molecule has 0 saturated carbocycles. The summed E-state index contributed by atoms with van der Waals surface area (Å²) in [6, 6.07) is 5.96. The molecule has 0 radical (unpaired) electrons. The van der Waals surface area contributed by atoms with Crippen LogP contribution in [0.3, 0.4) is 0 Å². The minimum absolute atomic E-state index is 0.560. The number of benzene rings is 1. The number of aromatic nitrogens is 2. The van der Waals surface area contributed by atoms with Crippen molar-refractivity contribution in [2.45, 2.75) is 19.8 Å². The Kier molecular flexibility index (Phi) is 2.68. The Hall–Kier alpha value is -1.62. The summed E-state index contributed by atoms with van der Waals surface area (Å²) in [4.78, 5) is 4.18. The van der Waals surface area contributed by atoms with Gasteiger partial charge in [0.1, 0.15) is 5.82 Å². The van der Waals surface area contributed by atoms with E-state index in [1.807, 2.05) is 19.1 Å². The van der Waals surface area contributed by atoms with E-state index < -0.39 is 0 Å². The number of para-hydroxylation sites is 1. The maximum Gasteiger partial charge on any atom is 0.298 e. The molecule has 0 bridgehead atoms. The normalized spacial score (nSPS) is 13.9. The van der Waals surface area contributed by atoms with Gasteiger partial charge in [-0.15, -0.1) is 0 Å². The Labute approximate surface area is 103 Å². The molecule has 1 aromatic carbocycles. The number of nitrogens with zero attached hydrogens (tertiary/aromatic N) is 2. The van der Waals surface area contributed by atoms with Gasteiger partial charge in [-0.3, -0.25) is 0 Å². The quantitative estimate of drug-likeness (QED) is 0.819. The van der Waals surface area contributed by atoms with E-state index in [9.17, 15) is 0 Å². The lowest BCUT2D eigenvalue weighted by Crippen LogP contribution is -2.09. The number of rotatable bonds is 2. The van der Waals surface area contributed by atoms with Crippen LogP contribution in [0.1, 0.15) is 17.8 Å². The molecule has 1 aliphatic heterocycles.